The minimum absolute atomic E-state index is 0.000735. The highest BCUT2D eigenvalue weighted by molar-refractivity contribution is 7.86. The molecule has 1 aromatic carbocycles. The summed E-state index contributed by atoms with van der Waals surface area (Å²) in [7, 11) is -5.17. The molecule has 2 rings (SSSR count). The Morgan fingerprint density at radius 3 is 2.22 bits per heavy atom. The Hall–Kier alpha value is -1.89. The van der Waals surface area contributed by atoms with E-state index in [1.807, 2.05) is 0 Å². The predicted octanol–water partition coefficient (Wildman–Crippen LogP) is 2.69. The number of benzene rings is 1. The van der Waals surface area contributed by atoms with Gasteiger partial charge in [0.25, 0.3) is 0 Å². The third-order valence-corrected chi connectivity index (χ3v) is 3.06. The molecule has 0 bridgehead atoms. The second kappa shape index (κ2) is 4.41. The van der Waals surface area contributed by atoms with Crippen LogP contribution in [0.25, 0.3) is 11.3 Å². The number of nitrogens with zero attached hydrogens (tertiary/aromatic N) is 1. The van der Waals surface area contributed by atoms with Crippen molar-refractivity contribution in [3.8, 4) is 11.3 Å². The van der Waals surface area contributed by atoms with Crippen molar-refractivity contribution < 1.29 is 21.1 Å². The zero-order valence-electron chi connectivity index (χ0n) is 8.77. The summed E-state index contributed by atoms with van der Waals surface area (Å²) in [6, 6.07) is 7.19. The summed E-state index contributed by atoms with van der Waals surface area (Å²) in [5, 5.41) is 0. The molecular weight excluding hydrogens is 267 g/mol. The van der Waals surface area contributed by atoms with Crippen LogP contribution in [0.15, 0.2) is 41.3 Å². The van der Waals surface area contributed by atoms with Gasteiger partial charge in [-0.1, -0.05) is 12.1 Å². The first-order valence-corrected chi connectivity index (χ1v) is 6.14. The number of aromatic nitrogens is 1. The molecule has 0 atom stereocenters. The van der Waals surface area contributed by atoms with Crippen LogP contribution in [0.3, 0.4) is 0 Å². The number of rotatable bonds is 2. The van der Waals surface area contributed by atoms with Crippen molar-refractivity contribution in [2.75, 3.05) is 0 Å². The first-order chi connectivity index (χ1) is 8.39. The van der Waals surface area contributed by atoms with Crippen LogP contribution in [-0.4, -0.2) is 13.4 Å². The van der Waals surface area contributed by atoms with Crippen LogP contribution in [0, 0.1) is 11.8 Å². The van der Waals surface area contributed by atoms with Crippen LogP contribution < -0.4 is 0 Å². The summed E-state index contributed by atoms with van der Waals surface area (Å²) in [5.41, 5.74) is -0.114. The lowest BCUT2D eigenvalue weighted by atomic mass is 10.1. The minimum Gasteiger partial charge on any atom is -0.218 e. The Morgan fingerprint density at radius 1 is 1.00 bits per heavy atom. The average molecular weight is 273 g/mol. The van der Waals surface area contributed by atoms with E-state index in [1.54, 1.807) is 0 Å². The van der Waals surface area contributed by atoms with Crippen LogP contribution >= 0.6 is 0 Å². The number of halogens is 3. The van der Waals surface area contributed by atoms with Gasteiger partial charge in [0.2, 0.25) is 5.95 Å². The zero-order chi connectivity index (χ0) is 13.3. The van der Waals surface area contributed by atoms with E-state index in [0.717, 1.165) is 12.1 Å². The van der Waals surface area contributed by atoms with E-state index in [9.17, 15) is 21.1 Å². The van der Waals surface area contributed by atoms with Crippen LogP contribution in [0.2, 0.25) is 0 Å². The fourth-order valence-corrected chi connectivity index (χ4v) is 1.90. The summed E-state index contributed by atoms with van der Waals surface area (Å²) in [6.45, 7) is 0. The van der Waals surface area contributed by atoms with E-state index in [0.29, 0.717) is 6.07 Å². The topological polar surface area (TPSA) is 47.0 Å². The smallest absolute Gasteiger partial charge is 0.218 e. The molecule has 0 aliphatic heterocycles. The second-order valence-electron chi connectivity index (χ2n) is 3.40. The maximum absolute atomic E-state index is 13.4. The molecule has 1 heterocycles. The molecule has 2 aromatic rings. The summed E-state index contributed by atoms with van der Waals surface area (Å²) in [4.78, 5) is 2.08. The molecular formula is C11H6F3NO2S. The Bertz CT molecular complexity index is 701. The van der Waals surface area contributed by atoms with Gasteiger partial charge in [-0.15, -0.1) is 3.89 Å². The molecule has 94 valence electrons. The van der Waals surface area contributed by atoms with Gasteiger partial charge in [0, 0.05) is 5.56 Å². The largest absolute Gasteiger partial charge is 0.336 e. The lowest BCUT2D eigenvalue weighted by Crippen LogP contribution is -2.00. The van der Waals surface area contributed by atoms with Gasteiger partial charge >= 0.3 is 10.2 Å². The van der Waals surface area contributed by atoms with Crippen molar-refractivity contribution in [1.29, 1.82) is 0 Å². The van der Waals surface area contributed by atoms with Crippen molar-refractivity contribution in [1.82, 2.24) is 4.98 Å². The van der Waals surface area contributed by atoms with Gasteiger partial charge in [-0.3, -0.25) is 0 Å². The van der Waals surface area contributed by atoms with Gasteiger partial charge in [0.05, 0.1) is 5.69 Å². The first-order valence-electron chi connectivity index (χ1n) is 4.75. The molecule has 0 fully saturated rings. The molecule has 3 nitrogen and oxygen atoms in total. The predicted molar refractivity (Wildman–Crippen MR) is 57.9 cm³/mol. The van der Waals surface area contributed by atoms with Gasteiger partial charge in [0.15, 0.2) is 4.90 Å². The third kappa shape index (κ3) is 2.35. The molecule has 1 aromatic heterocycles. The van der Waals surface area contributed by atoms with E-state index in [-0.39, 0.29) is 11.3 Å². The van der Waals surface area contributed by atoms with Crippen molar-refractivity contribution >= 4 is 10.2 Å². The molecule has 0 spiro atoms. The van der Waals surface area contributed by atoms with Gasteiger partial charge in [0.1, 0.15) is 5.82 Å². The van der Waals surface area contributed by atoms with Gasteiger partial charge in [-0.05, 0) is 24.3 Å². The van der Waals surface area contributed by atoms with Crippen LogP contribution in [0.5, 0.6) is 0 Å². The quantitative estimate of drug-likeness (QED) is 0.624. The molecule has 0 N–H and O–H groups in total. The molecule has 0 aliphatic carbocycles. The standard InChI is InChI=1S/C11H6F3NO2S/c12-8-4-2-1-3-7(8)9-5-6-10(11(13)15-9)18(14,16)17/h1-6H. The molecule has 7 heteroatoms. The highest BCUT2D eigenvalue weighted by atomic mass is 32.3. The summed E-state index contributed by atoms with van der Waals surface area (Å²) in [5.74, 6) is -2.14. The van der Waals surface area contributed by atoms with E-state index in [1.165, 1.54) is 18.2 Å². The van der Waals surface area contributed by atoms with E-state index in [4.69, 9.17) is 0 Å². The van der Waals surface area contributed by atoms with Crippen molar-refractivity contribution in [3.05, 3.63) is 48.2 Å². The van der Waals surface area contributed by atoms with Gasteiger partial charge in [-0.25, -0.2) is 9.37 Å². The Labute approximate surface area is 101 Å². The van der Waals surface area contributed by atoms with E-state index >= 15 is 0 Å². The fraction of sp³-hybridized carbons (Fsp3) is 0. The highest BCUT2D eigenvalue weighted by Crippen LogP contribution is 2.23. The molecule has 0 unspecified atom stereocenters. The summed E-state index contributed by atoms with van der Waals surface area (Å²) >= 11 is 0. The average Bonchev–Trinajstić information content (AvgIpc) is 2.27. The Balaban J connectivity index is 2.58. The normalized spacial score (nSPS) is 11.5. The Morgan fingerprint density at radius 2 is 1.67 bits per heavy atom. The minimum atomic E-state index is -5.17. The maximum Gasteiger partial charge on any atom is 0.336 e. The van der Waals surface area contributed by atoms with Gasteiger partial charge < -0.3 is 0 Å². The molecule has 0 radical (unpaired) electrons. The number of hydrogen-bond acceptors (Lipinski definition) is 3. The number of pyridine rings is 1. The van der Waals surface area contributed by atoms with Crippen molar-refractivity contribution in [2.24, 2.45) is 0 Å². The molecule has 18 heavy (non-hydrogen) atoms. The first kappa shape index (κ1) is 12.6. The number of hydrogen-bond donors (Lipinski definition) is 0. The SMILES string of the molecule is O=S(=O)(F)c1ccc(-c2ccccc2F)nc1F. The van der Waals surface area contributed by atoms with Crippen molar-refractivity contribution in [3.63, 3.8) is 0 Å². The zero-order valence-corrected chi connectivity index (χ0v) is 9.59. The molecule has 0 amide bonds. The summed E-state index contributed by atoms with van der Waals surface area (Å²) in [6.07, 6.45) is 0. The second-order valence-corrected chi connectivity index (χ2v) is 4.72. The maximum atomic E-state index is 13.4. The third-order valence-electron chi connectivity index (χ3n) is 2.23. The monoisotopic (exact) mass is 273 g/mol. The van der Waals surface area contributed by atoms with Gasteiger partial charge in [-0.2, -0.15) is 12.8 Å². The van der Waals surface area contributed by atoms with Crippen LogP contribution in [0.4, 0.5) is 12.7 Å². The van der Waals surface area contributed by atoms with Crippen molar-refractivity contribution in [2.45, 2.75) is 4.90 Å². The highest BCUT2D eigenvalue weighted by Gasteiger charge is 2.20. The Kier molecular flexibility index (Phi) is 3.08. The van der Waals surface area contributed by atoms with E-state index < -0.39 is 26.9 Å². The van der Waals surface area contributed by atoms with Crippen LogP contribution in [-0.2, 0) is 10.2 Å². The fourth-order valence-electron chi connectivity index (χ4n) is 1.42. The molecule has 0 aliphatic rings. The molecule has 0 saturated carbocycles. The lowest BCUT2D eigenvalue weighted by molar-refractivity contribution is 0.518. The van der Waals surface area contributed by atoms with E-state index in [2.05, 4.69) is 4.98 Å². The molecule has 0 saturated heterocycles. The van der Waals surface area contributed by atoms with Crippen LogP contribution in [0.1, 0.15) is 0 Å². The lowest BCUT2D eigenvalue weighted by Gasteiger charge is -2.03. The summed E-state index contributed by atoms with van der Waals surface area (Å²) < 4.78 is 60.4.